The van der Waals surface area contributed by atoms with Crippen LogP contribution in [0.3, 0.4) is 0 Å². The Labute approximate surface area is 110 Å². The summed E-state index contributed by atoms with van der Waals surface area (Å²) < 4.78 is 20.5. The number of hydrogen-bond donors (Lipinski definition) is 0. The maximum absolute atomic E-state index is 13.2. The first-order valence-corrected chi connectivity index (χ1v) is 6.16. The number of rotatable bonds is 5. The van der Waals surface area contributed by atoms with E-state index in [1.165, 1.54) is 6.07 Å². The normalized spacial score (nSPS) is 10.6. The van der Waals surface area contributed by atoms with Gasteiger partial charge in [0.05, 0.1) is 17.4 Å². The van der Waals surface area contributed by atoms with Crippen LogP contribution in [0.25, 0.3) is 0 Å². The van der Waals surface area contributed by atoms with E-state index in [1.54, 1.807) is 18.3 Å². The summed E-state index contributed by atoms with van der Waals surface area (Å²) in [6.07, 6.45) is 4.47. The van der Waals surface area contributed by atoms with E-state index in [0.717, 1.165) is 13.0 Å². The fraction of sp³-hybridized carbons (Fsp3) is 0.308. The molecule has 2 rings (SSSR count). The summed E-state index contributed by atoms with van der Waals surface area (Å²) in [6, 6.07) is 4.67. The number of halogens is 2. The van der Waals surface area contributed by atoms with Crippen molar-refractivity contribution >= 4 is 11.6 Å². The zero-order chi connectivity index (χ0) is 13.0. The SMILES string of the molecule is CCCn1cc(OCc2cccc(F)c2Cl)cn1. The quantitative estimate of drug-likeness (QED) is 0.827. The first-order valence-electron chi connectivity index (χ1n) is 5.79. The van der Waals surface area contributed by atoms with Crippen LogP contribution in [0.2, 0.25) is 5.02 Å². The van der Waals surface area contributed by atoms with E-state index >= 15 is 0 Å². The predicted molar refractivity (Wildman–Crippen MR) is 68.3 cm³/mol. The molecule has 2 aromatic rings. The molecule has 0 radical (unpaired) electrons. The Kier molecular flexibility index (Phi) is 4.20. The first kappa shape index (κ1) is 12.9. The first-order chi connectivity index (χ1) is 8.70. The fourth-order valence-electron chi connectivity index (χ4n) is 1.59. The van der Waals surface area contributed by atoms with Gasteiger partial charge in [0.25, 0.3) is 0 Å². The second kappa shape index (κ2) is 5.87. The molecule has 0 saturated heterocycles. The molecule has 0 unspecified atom stereocenters. The summed E-state index contributed by atoms with van der Waals surface area (Å²) in [5.41, 5.74) is 0.625. The highest BCUT2D eigenvalue weighted by Gasteiger charge is 2.07. The molecule has 1 aromatic heterocycles. The van der Waals surface area contributed by atoms with Crippen LogP contribution in [0, 0.1) is 5.82 Å². The third kappa shape index (κ3) is 3.01. The Morgan fingerprint density at radius 1 is 1.44 bits per heavy atom. The average Bonchev–Trinajstić information content (AvgIpc) is 2.79. The molecule has 0 N–H and O–H groups in total. The lowest BCUT2D eigenvalue weighted by atomic mass is 10.2. The largest absolute Gasteiger partial charge is 0.486 e. The van der Waals surface area contributed by atoms with Gasteiger partial charge in [0.2, 0.25) is 0 Å². The number of nitrogens with zero attached hydrogens (tertiary/aromatic N) is 2. The van der Waals surface area contributed by atoms with Gasteiger partial charge in [-0.2, -0.15) is 5.10 Å². The number of hydrogen-bond acceptors (Lipinski definition) is 2. The molecule has 0 aliphatic rings. The third-order valence-corrected chi connectivity index (χ3v) is 2.91. The minimum absolute atomic E-state index is 0.110. The molecule has 0 spiro atoms. The third-order valence-electron chi connectivity index (χ3n) is 2.49. The molecule has 0 aliphatic heterocycles. The van der Waals surface area contributed by atoms with Gasteiger partial charge in [0.15, 0.2) is 5.75 Å². The molecule has 0 aliphatic carbocycles. The van der Waals surface area contributed by atoms with Gasteiger partial charge in [0.1, 0.15) is 12.4 Å². The monoisotopic (exact) mass is 268 g/mol. The van der Waals surface area contributed by atoms with Crippen molar-refractivity contribution in [3.05, 3.63) is 47.0 Å². The molecule has 3 nitrogen and oxygen atoms in total. The Morgan fingerprint density at radius 3 is 3.06 bits per heavy atom. The van der Waals surface area contributed by atoms with E-state index in [1.807, 2.05) is 10.9 Å². The van der Waals surface area contributed by atoms with Gasteiger partial charge >= 0.3 is 0 Å². The summed E-state index contributed by atoms with van der Waals surface area (Å²) >= 11 is 5.84. The Balaban J connectivity index is 2.00. The molecule has 5 heteroatoms. The van der Waals surface area contributed by atoms with Crippen molar-refractivity contribution in [2.24, 2.45) is 0 Å². The minimum atomic E-state index is -0.431. The molecule has 96 valence electrons. The zero-order valence-corrected chi connectivity index (χ0v) is 10.8. The van der Waals surface area contributed by atoms with Gasteiger partial charge in [-0.3, -0.25) is 4.68 Å². The topological polar surface area (TPSA) is 27.1 Å². The smallest absolute Gasteiger partial charge is 0.157 e. The molecule has 1 heterocycles. The molecule has 0 bridgehead atoms. The predicted octanol–water partition coefficient (Wildman–Crippen LogP) is 3.66. The second-order valence-electron chi connectivity index (χ2n) is 3.94. The van der Waals surface area contributed by atoms with Crippen LogP contribution in [0.15, 0.2) is 30.6 Å². The van der Waals surface area contributed by atoms with Crippen molar-refractivity contribution < 1.29 is 9.13 Å². The van der Waals surface area contributed by atoms with Gasteiger partial charge in [-0.15, -0.1) is 0 Å². The maximum atomic E-state index is 13.2. The lowest BCUT2D eigenvalue weighted by molar-refractivity contribution is 0.305. The number of benzene rings is 1. The van der Waals surface area contributed by atoms with Crippen molar-refractivity contribution in [3.63, 3.8) is 0 Å². The second-order valence-corrected chi connectivity index (χ2v) is 4.32. The number of ether oxygens (including phenoxy) is 1. The maximum Gasteiger partial charge on any atom is 0.157 e. The highest BCUT2D eigenvalue weighted by Crippen LogP contribution is 2.21. The van der Waals surface area contributed by atoms with Crippen LogP contribution in [0.5, 0.6) is 5.75 Å². The van der Waals surface area contributed by atoms with E-state index in [9.17, 15) is 4.39 Å². The molecule has 0 fully saturated rings. The van der Waals surface area contributed by atoms with Crippen LogP contribution >= 0.6 is 11.6 Å². The zero-order valence-electron chi connectivity index (χ0n) is 10.1. The van der Waals surface area contributed by atoms with E-state index in [0.29, 0.717) is 11.3 Å². The van der Waals surface area contributed by atoms with Crippen LogP contribution < -0.4 is 4.74 Å². The summed E-state index contributed by atoms with van der Waals surface area (Å²) in [5, 5.41) is 4.25. The van der Waals surface area contributed by atoms with Crippen molar-refractivity contribution in [3.8, 4) is 5.75 Å². The van der Waals surface area contributed by atoms with Crippen molar-refractivity contribution in [1.82, 2.24) is 9.78 Å². The van der Waals surface area contributed by atoms with Crippen LogP contribution in [-0.2, 0) is 13.2 Å². The molecule has 0 atom stereocenters. The van der Waals surface area contributed by atoms with E-state index < -0.39 is 5.82 Å². The lowest BCUT2D eigenvalue weighted by Crippen LogP contribution is -1.97. The highest BCUT2D eigenvalue weighted by molar-refractivity contribution is 6.31. The summed E-state index contributed by atoms with van der Waals surface area (Å²) in [5.74, 6) is 0.225. The fourth-order valence-corrected chi connectivity index (χ4v) is 1.77. The molecule has 0 saturated carbocycles. The average molecular weight is 269 g/mol. The Hall–Kier alpha value is -1.55. The Morgan fingerprint density at radius 2 is 2.28 bits per heavy atom. The van der Waals surface area contributed by atoms with Gasteiger partial charge in [-0.05, 0) is 12.5 Å². The standard InChI is InChI=1S/C13H14ClFN2O/c1-2-6-17-8-11(7-16-17)18-9-10-4-3-5-12(15)13(10)14/h3-5,7-8H,2,6,9H2,1H3. The highest BCUT2D eigenvalue weighted by atomic mass is 35.5. The van der Waals surface area contributed by atoms with Crippen LogP contribution in [0.4, 0.5) is 4.39 Å². The summed E-state index contributed by atoms with van der Waals surface area (Å²) in [7, 11) is 0. The summed E-state index contributed by atoms with van der Waals surface area (Å²) in [6.45, 7) is 3.16. The number of aryl methyl sites for hydroxylation is 1. The van der Waals surface area contributed by atoms with Gasteiger partial charge < -0.3 is 4.74 Å². The van der Waals surface area contributed by atoms with Gasteiger partial charge in [-0.1, -0.05) is 30.7 Å². The van der Waals surface area contributed by atoms with Gasteiger partial charge in [0, 0.05) is 12.1 Å². The van der Waals surface area contributed by atoms with Crippen molar-refractivity contribution in [2.45, 2.75) is 26.5 Å². The Bertz CT molecular complexity index is 527. The van der Waals surface area contributed by atoms with Crippen LogP contribution in [0.1, 0.15) is 18.9 Å². The minimum Gasteiger partial charge on any atom is -0.486 e. The molecule has 1 aromatic carbocycles. The van der Waals surface area contributed by atoms with Crippen LogP contribution in [-0.4, -0.2) is 9.78 Å². The van der Waals surface area contributed by atoms with Gasteiger partial charge in [-0.25, -0.2) is 4.39 Å². The van der Waals surface area contributed by atoms with E-state index in [2.05, 4.69) is 12.0 Å². The number of aromatic nitrogens is 2. The molecular weight excluding hydrogens is 255 g/mol. The lowest BCUT2D eigenvalue weighted by Gasteiger charge is -2.06. The van der Waals surface area contributed by atoms with E-state index in [4.69, 9.17) is 16.3 Å². The molecule has 0 amide bonds. The molecule has 18 heavy (non-hydrogen) atoms. The summed E-state index contributed by atoms with van der Waals surface area (Å²) in [4.78, 5) is 0. The van der Waals surface area contributed by atoms with Crippen molar-refractivity contribution in [2.75, 3.05) is 0 Å². The van der Waals surface area contributed by atoms with E-state index in [-0.39, 0.29) is 11.6 Å². The van der Waals surface area contributed by atoms with Crippen molar-refractivity contribution in [1.29, 1.82) is 0 Å². The molecular formula is C13H14ClFN2O.